The Morgan fingerprint density at radius 3 is 2.88 bits per heavy atom. The van der Waals surface area contributed by atoms with Crippen molar-refractivity contribution in [2.45, 2.75) is 17.7 Å². The third-order valence-electron chi connectivity index (χ3n) is 4.25. The number of sulfonamides is 1. The molecular weight excluding hydrogens is 352 g/mol. The number of rotatable bonds is 4. The van der Waals surface area contributed by atoms with Crippen LogP contribution in [-0.4, -0.2) is 56.5 Å². The van der Waals surface area contributed by atoms with Crippen LogP contribution in [0.4, 0.5) is 5.69 Å². The molecule has 2 N–H and O–H groups in total. The van der Waals surface area contributed by atoms with Gasteiger partial charge in [0.25, 0.3) is 5.91 Å². The molecule has 0 radical (unpaired) electrons. The van der Waals surface area contributed by atoms with E-state index in [9.17, 15) is 18.0 Å². The quantitative estimate of drug-likeness (QED) is 0.792. The molecule has 2 aliphatic heterocycles. The van der Waals surface area contributed by atoms with Crippen LogP contribution in [0.5, 0.6) is 11.5 Å². The number of carbonyl (C=O) groups excluding carboxylic acids is 1. The number of carboxylic acids is 1. The van der Waals surface area contributed by atoms with E-state index in [1.807, 2.05) is 0 Å². The first-order valence-electron chi connectivity index (χ1n) is 7.70. The van der Waals surface area contributed by atoms with E-state index in [0.717, 1.165) is 4.31 Å². The van der Waals surface area contributed by atoms with Crippen molar-refractivity contribution in [1.29, 1.82) is 0 Å². The van der Waals surface area contributed by atoms with Gasteiger partial charge in [0.15, 0.2) is 6.61 Å². The van der Waals surface area contributed by atoms with Crippen LogP contribution < -0.4 is 14.8 Å². The van der Waals surface area contributed by atoms with E-state index in [1.54, 1.807) is 0 Å². The minimum atomic E-state index is -3.97. The van der Waals surface area contributed by atoms with Crippen LogP contribution in [0.1, 0.15) is 12.8 Å². The number of methoxy groups -OCH3 is 1. The number of anilines is 1. The summed E-state index contributed by atoms with van der Waals surface area (Å²) in [5.74, 6) is -1.80. The molecule has 1 fully saturated rings. The monoisotopic (exact) mass is 370 g/mol. The minimum absolute atomic E-state index is 0.0574. The molecule has 1 amide bonds. The average Bonchev–Trinajstić information content (AvgIpc) is 2.60. The summed E-state index contributed by atoms with van der Waals surface area (Å²) in [5, 5.41) is 11.8. The molecule has 1 aromatic carbocycles. The molecule has 0 saturated carbocycles. The van der Waals surface area contributed by atoms with E-state index < -0.39 is 21.9 Å². The van der Waals surface area contributed by atoms with Crippen molar-refractivity contribution in [3.8, 4) is 11.5 Å². The maximum Gasteiger partial charge on any atom is 0.307 e. The van der Waals surface area contributed by atoms with Crippen molar-refractivity contribution in [1.82, 2.24) is 4.31 Å². The minimum Gasteiger partial charge on any atom is -0.495 e. The molecule has 2 aliphatic rings. The van der Waals surface area contributed by atoms with Crippen molar-refractivity contribution in [3.05, 3.63) is 12.1 Å². The van der Waals surface area contributed by atoms with Crippen LogP contribution in [0.2, 0.25) is 0 Å². The number of carboxylic acid groups (broad SMARTS) is 1. The number of hydrogen-bond donors (Lipinski definition) is 2. The zero-order valence-corrected chi connectivity index (χ0v) is 14.3. The fourth-order valence-corrected chi connectivity index (χ4v) is 4.63. The highest BCUT2D eigenvalue weighted by Gasteiger charge is 2.36. The molecule has 136 valence electrons. The Bertz CT molecular complexity index is 821. The SMILES string of the molecule is COc1cc2c(cc1S(=O)(=O)N1CCCC(C(=O)O)C1)OCC(=O)N2. The topological polar surface area (TPSA) is 122 Å². The summed E-state index contributed by atoms with van der Waals surface area (Å²) in [6.07, 6.45) is 0.911. The molecule has 3 rings (SSSR count). The molecule has 25 heavy (non-hydrogen) atoms. The van der Waals surface area contributed by atoms with E-state index in [-0.39, 0.29) is 42.0 Å². The van der Waals surface area contributed by atoms with Crippen molar-refractivity contribution in [2.75, 3.05) is 32.1 Å². The second-order valence-corrected chi connectivity index (χ2v) is 7.78. The average molecular weight is 370 g/mol. The van der Waals surface area contributed by atoms with E-state index in [4.69, 9.17) is 14.6 Å². The summed E-state index contributed by atoms with van der Waals surface area (Å²) >= 11 is 0. The van der Waals surface area contributed by atoms with Crippen LogP contribution in [0.25, 0.3) is 0 Å². The Hall–Kier alpha value is -2.33. The van der Waals surface area contributed by atoms with Gasteiger partial charge in [0.1, 0.15) is 16.4 Å². The van der Waals surface area contributed by atoms with Gasteiger partial charge in [-0.2, -0.15) is 4.31 Å². The van der Waals surface area contributed by atoms with Crippen molar-refractivity contribution < 1.29 is 32.6 Å². The van der Waals surface area contributed by atoms with Crippen molar-refractivity contribution >= 4 is 27.6 Å². The number of nitrogens with one attached hydrogen (secondary N) is 1. The van der Waals surface area contributed by atoms with Gasteiger partial charge < -0.3 is 19.9 Å². The first-order chi connectivity index (χ1) is 11.8. The van der Waals surface area contributed by atoms with Gasteiger partial charge in [-0.1, -0.05) is 0 Å². The third-order valence-corrected chi connectivity index (χ3v) is 6.14. The molecule has 1 aromatic rings. The summed E-state index contributed by atoms with van der Waals surface area (Å²) in [4.78, 5) is 22.5. The van der Waals surface area contributed by atoms with Crippen LogP contribution in [-0.2, 0) is 19.6 Å². The lowest BCUT2D eigenvalue weighted by Gasteiger charge is -2.30. The predicted molar refractivity (Wildman–Crippen MR) is 86.2 cm³/mol. The molecule has 2 heterocycles. The summed E-state index contributed by atoms with van der Waals surface area (Å²) < 4.78 is 37.6. The standard InChI is InChI=1S/C15H18N2O7S/c1-23-12-5-10-11(24-8-14(18)16-10)6-13(12)25(21,22)17-4-2-3-9(7-17)15(19)20/h5-6,9H,2-4,7-8H2,1H3,(H,16,18)(H,19,20). The largest absolute Gasteiger partial charge is 0.495 e. The molecule has 1 saturated heterocycles. The zero-order chi connectivity index (χ0) is 18.2. The lowest BCUT2D eigenvalue weighted by molar-refractivity contribution is -0.142. The van der Waals surface area contributed by atoms with Gasteiger partial charge in [0.2, 0.25) is 10.0 Å². The lowest BCUT2D eigenvalue weighted by Crippen LogP contribution is -2.42. The van der Waals surface area contributed by atoms with Crippen LogP contribution in [0.15, 0.2) is 17.0 Å². The van der Waals surface area contributed by atoms with Gasteiger partial charge >= 0.3 is 5.97 Å². The summed E-state index contributed by atoms with van der Waals surface area (Å²) in [6, 6.07) is 2.69. The number of piperidine rings is 1. The highest BCUT2D eigenvalue weighted by Crippen LogP contribution is 2.39. The number of ether oxygens (including phenoxy) is 2. The molecule has 0 spiro atoms. The second-order valence-electron chi connectivity index (χ2n) is 5.88. The maximum absolute atomic E-state index is 13.0. The number of carbonyl (C=O) groups is 2. The number of aliphatic carboxylic acids is 1. The number of hydrogen-bond acceptors (Lipinski definition) is 6. The maximum atomic E-state index is 13.0. The van der Waals surface area contributed by atoms with Gasteiger partial charge in [-0.05, 0) is 12.8 Å². The van der Waals surface area contributed by atoms with E-state index in [2.05, 4.69) is 5.32 Å². The first-order valence-corrected chi connectivity index (χ1v) is 9.14. The number of amides is 1. The van der Waals surface area contributed by atoms with Gasteiger partial charge in [0, 0.05) is 25.2 Å². The Morgan fingerprint density at radius 1 is 1.44 bits per heavy atom. The zero-order valence-electron chi connectivity index (χ0n) is 13.5. The molecule has 9 nitrogen and oxygen atoms in total. The highest BCUT2D eigenvalue weighted by atomic mass is 32.2. The summed E-state index contributed by atoms with van der Waals surface area (Å²) in [5.41, 5.74) is 0.328. The van der Waals surface area contributed by atoms with Gasteiger partial charge in [-0.3, -0.25) is 9.59 Å². The Labute approximate surface area is 144 Å². The second kappa shape index (κ2) is 6.52. The van der Waals surface area contributed by atoms with Crippen molar-refractivity contribution in [3.63, 3.8) is 0 Å². The fraction of sp³-hybridized carbons (Fsp3) is 0.467. The molecule has 0 bridgehead atoms. The predicted octanol–water partition coefficient (Wildman–Crippen LogP) is 0.511. The van der Waals surface area contributed by atoms with Crippen LogP contribution in [0.3, 0.4) is 0 Å². The fourth-order valence-electron chi connectivity index (χ4n) is 2.95. The Kier molecular flexibility index (Phi) is 4.56. The first kappa shape index (κ1) is 17.5. The van der Waals surface area contributed by atoms with Crippen LogP contribution in [0, 0.1) is 5.92 Å². The van der Waals surface area contributed by atoms with Crippen LogP contribution >= 0.6 is 0 Å². The summed E-state index contributed by atoms with van der Waals surface area (Å²) in [7, 11) is -2.64. The molecule has 10 heteroatoms. The van der Waals surface area contributed by atoms with Crippen molar-refractivity contribution in [2.24, 2.45) is 5.92 Å². The smallest absolute Gasteiger partial charge is 0.307 e. The Balaban J connectivity index is 1.99. The highest BCUT2D eigenvalue weighted by molar-refractivity contribution is 7.89. The van der Waals surface area contributed by atoms with Gasteiger partial charge in [0.05, 0.1) is 18.7 Å². The molecule has 1 atom stereocenters. The van der Waals surface area contributed by atoms with E-state index in [1.165, 1.54) is 19.2 Å². The number of fused-ring (bicyclic) bond motifs is 1. The van der Waals surface area contributed by atoms with Gasteiger partial charge in [-0.25, -0.2) is 8.42 Å². The molecule has 0 aliphatic carbocycles. The lowest BCUT2D eigenvalue weighted by atomic mass is 10.0. The van der Waals surface area contributed by atoms with E-state index in [0.29, 0.717) is 18.5 Å². The summed E-state index contributed by atoms with van der Waals surface area (Å²) in [6.45, 7) is -0.0525. The third kappa shape index (κ3) is 3.27. The van der Waals surface area contributed by atoms with E-state index >= 15 is 0 Å². The Morgan fingerprint density at radius 2 is 2.20 bits per heavy atom. The van der Waals surface area contributed by atoms with Gasteiger partial charge in [-0.15, -0.1) is 0 Å². The number of nitrogens with zero attached hydrogens (tertiary/aromatic N) is 1. The molecule has 1 unspecified atom stereocenters. The molecular formula is C15H18N2O7S. The number of benzene rings is 1. The normalized spacial score (nSPS) is 21.0. The molecule has 0 aromatic heterocycles.